The molecule has 3 rings (SSSR count). The lowest BCUT2D eigenvalue weighted by Gasteiger charge is -2.35. The van der Waals surface area contributed by atoms with Gasteiger partial charge in [-0.1, -0.05) is 38.1 Å². The van der Waals surface area contributed by atoms with Gasteiger partial charge in [0, 0.05) is 37.3 Å². The molecule has 1 aliphatic heterocycles. The number of piperidine rings is 1. The van der Waals surface area contributed by atoms with Gasteiger partial charge in [-0.2, -0.15) is 0 Å². The van der Waals surface area contributed by atoms with Crippen LogP contribution in [-0.4, -0.2) is 30.9 Å². The van der Waals surface area contributed by atoms with Crippen molar-refractivity contribution in [2.24, 2.45) is 5.92 Å². The van der Waals surface area contributed by atoms with E-state index in [1.54, 1.807) is 12.1 Å². The van der Waals surface area contributed by atoms with Crippen LogP contribution in [0.4, 0.5) is 10.1 Å². The van der Waals surface area contributed by atoms with Gasteiger partial charge in [-0.25, -0.2) is 4.39 Å². The molecule has 2 aromatic rings. The summed E-state index contributed by atoms with van der Waals surface area (Å²) >= 11 is 0. The second-order valence-corrected chi connectivity index (χ2v) is 7.91. The summed E-state index contributed by atoms with van der Waals surface area (Å²) in [5, 5.41) is 6.03. The number of para-hydroxylation sites is 1. The van der Waals surface area contributed by atoms with Crippen molar-refractivity contribution in [3.63, 3.8) is 0 Å². The smallest absolute Gasteiger partial charge is 0.253 e. The highest BCUT2D eigenvalue weighted by molar-refractivity contribution is 5.99. The van der Waals surface area contributed by atoms with Gasteiger partial charge >= 0.3 is 0 Å². The monoisotopic (exact) mass is 411 g/mol. The summed E-state index contributed by atoms with van der Waals surface area (Å²) in [6.45, 7) is 5.79. The Morgan fingerprint density at radius 3 is 2.57 bits per heavy atom. The van der Waals surface area contributed by atoms with E-state index >= 15 is 0 Å². The van der Waals surface area contributed by atoms with E-state index in [-0.39, 0.29) is 36.1 Å². The number of amides is 2. The molecule has 160 valence electrons. The van der Waals surface area contributed by atoms with Crippen molar-refractivity contribution in [3.05, 3.63) is 65.5 Å². The van der Waals surface area contributed by atoms with Gasteiger partial charge in [-0.15, -0.1) is 0 Å². The zero-order valence-corrected chi connectivity index (χ0v) is 17.7. The zero-order chi connectivity index (χ0) is 21.5. The molecule has 6 heteroatoms. The fraction of sp³-hybridized carbons (Fsp3) is 0.417. The number of nitrogens with one attached hydrogen (secondary N) is 2. The topological polar surface area (TPSA) is 61.4 Å². The maximum atomic E-state index is 13.4. The first kappa shape index (κ1) is 21.8. The van der Waals surface area contributed by atoms with E-state index in [0.717, 1.165) is 43.6 Å². The number of nitrogens with zero attached hydrogens (tertiary/aromatic N) is 1. The average molecular weight is 412 g/mol. The van der Waals surface area contributed by atoms with Crippen molar-refractivity contribution in [2.45, 2.75) is 45.7 Å². The fourth-order valence-electron chi connectivity index (χ4n) is 3.66. The van der Waals surface area contributed by atoms with Gasteiger partial charge in [-0.3, -0.25) is 9.59 Å². The summed E-state index contributed by atoms with van der Waals surface area (Å²) in [5.41, 5.74) is 2.22. The van der Waals surface area contributed by atoms with Crippen molar-refractivity contribution < 1.29 is 14.0 Å². The van der Waals surface area contributed by atoms with E-state index in [0.29, 0.717) is 5.56 Å². The summed E-state index contributed by atoms with van der Waals surface area (Å²) in [7, 11) is 0. The highest BCUT2D eigenvalue weighted by Crippen LogP contribution is 2.24. The SMILES string of the molecule is CC[C@@H](C)C(=O)NC1CCN(c2ccccc2C(=O)NCc2cccc(F)c2)CC1. The number of benzene rings is 2. The Morgan fingerprint density at radius 2 is 1.87 bits per heavy atom. The van der Waals surface area contributed by atoms with Crippen LogP contribution in [0.2, 0.25) is 0 Å². The second-order valence-electron chi connectivity index (χ2n) is 7.91. The van der Waals surface area contributed by atoms with Crippen LogP contribution < -0.4 is 15.5 Å². The van der Waals surface area contributed by atoms with Gasteiger partial charge in [0.1, 0.15) is 5.82 Å². The molecular formula is C24H30FN3O2. The lowest BCUT2D eigenvalue weighted by Crippen LogP contribution is -2.46. The quantitative estimate of drug-likeness (QED) is 0.727. The molecule has 2 amide bonds. The molecule has 1 aliphatic rings. The molecule has 0 aliphatic carbocycles. The summed E-state index contributed by atoms with van der Waals surface area (Å²) < 4.78 is 13.4. The first-order valence-electron chi connectivity index (χ1n) is 10.6. The Bertz CT molecular complexity index is 878. The molecule has 1 atom stereocenters. The average Bonchev–Trinajstić information content (AvgIpc) is 2.77. The van der Waals surface area contributed by atoms with Gasteiger partial charge in [0.05, 0.1) is 5.56 Å². The molecule has 1 heterocycles. The Hall–Kier alpha value is -2.89. The predicted octanol–water partition coefficient (Wildman–Crippen LogP) is 3.89. The highest BCUT2D eigenvalue weighted by atomic mass is 19.1. The Labute approximate surface area is 177 Å². The standard InChI is InChI=1S/C24H30FN3O2/c1-3-17(2)23(29)27-20-11-13-28(14-12-20)22-10-5-4-9-21(22)24(30)26-16-18-7-6-8-19(25)15-18/h4-10,15,17,20H,3,11-14,16H2,1-2H3,(H,26,30)(H,27,29)/t17-/m1/s1. The first-order chi connectivity index (χ1) is 14.5. The van der Waals surface area contributed by atoms with Crippen LogP contribution in [0.5, 0.6) is 0 Å². The molecule has 30 heavy (non-hydrogen) atoms. The number of rotatable bonds is 7. The molecule has 0 unspecified atom stereocenters. The minimum atomic E-state index is -0.314. The summed E-state index contributed by atoms with van der Waals surface area (Å²) in [6, 6.07) is 13.9. The summed E-state index contributed by atoms with van der Waals surface area (Å²) in [4.78, 5) is 27.1. The van der Waals surface area contributed by atoms with Gasteiger partial charge in [0.25, 0.3) is 5.91 Å². The van der Waals surface area contributed by atoms with Crippen molar-refractivity contribution in [3.8, 4) is 0 Å². The second kappa shape index (κ2) is 10.2. The van der Waals surface area contributed by atoms with Crippen LogP contribution in [0.25, 0.3) is 0 Å². The highest BCUT2D eigenvalue weighted by Gasteiger charge is 2.24. The molecule has 1 saturated heterocycles. The van der Waals surface area contributed by atoms with Crippen molar-refractivity contribution in [1.29, 1.82) is 0 Å². The number of hydrogen-bond acceptors (Lipinski definition) is 3. The minimum absolute atomic E-state index is 0.0329. The van der Waals surface area contributed by atoms with Gasteiger partial charge < -0.3 is 15.5 Å². The third-order valence-electron chi connectivity index (χ3n) is 5.73. The molecule has 0 saturated carbocycles. The third-order valence-corrected chi connectivity index (χ3v) is 5.73. The molecular weight excluding hydrogens is 381 g/mol. The molecule has 1 fully saturated rings. The van der Waals surface area contributed by atoms with Crippen molar-refractivity contribution in [2.75, 3.05) is 18.0 Å². The van der Waals surface area contributed by atoms with Crippen molar-refractivity contribution in [1.82, 2.24) is 10.6 Å². The summed E-state index contributed by atoms with van der Waals surface area (Å²) in [5.74, 6) is -0.342. The van der Waals surface area contributed by atoms with Gasteiger partial charge in [0.15, 0.2) is 0 Å². The maximum Gasteiger partial charge on any atom is 0.253 e. The molecule has 0 spiro atoms. The normalized spacial score (nSPS) is 15.5. The fourth-order valence-corrected chi connectivity index (χ4v) is 3.66. The van der Waals surface area contributed by atoms with E-state index in [1.165, 1.54) is 12.1 Å². The number of halogens is 1. The van der Waals surface area contributed by atoms with Gasteiger partial charge in [0.2, 0.25) is 5.91 Å². The molecule has 2 aromatic carbocycles. The van der Waals surface area contributed by atoms with Crippen LogP contribution in [0.15, 0.2) is 48.5 Å². The minimum Gasteiger partial charge on any atom is -0.371 e. The van der Waals surface area contributed by atoms with E-state index in [4.69, 9.17) is 0 Å². The third kappa shape index (κ3) is 5.59. The van der Waals surface area contributed by atoms with Crippen molar-refractivity contribution >= 4 is 17.5 Å². The molecule has 2 N–H and O–H groups in total. The van der Waals surface area contributed by atoms with E-state index < -0.39 is 0 Å². The van der Waals surface area contributed by atoms with E-state index in [2.05, 4.69) is 15.5 Å². The zero-order valence-electron chi connectivity index (χ0n) is 17.7. The first-order valence-corrected chi connectivity index (χ1v) is 10.6. The van der Waals surface area contributed by atoms with Crippen LogP contribution in [0.1, 0.15) is 49.0 Å². The lowest BCUT2D eigenvalue weighted by molar-refractivity contribution is -0.125. The number of hydrogen-bond donors (Lipinski definition) is 2. The Morgan fingerprint density at radius 1 is 1.13 bits per heavy atom. The van der Waals surface area contributed by atoms with Crippen LogP contribution in [-0.2, 0) is 11.3 Å². The van der Waals surface area contributed by atoms with E-state index in [9.17, 15) is 14.0 Å². The largest absolute Gasteiger partial charge is 0.371 e. The van der Waals surface area contributed by atoms with Crippen LogP contribution >= 0.6 is 0 Å². The molecule has 0 radical (unpaired) electrons. The maximum absolute atomic E-state index is 13.4. The number of carbonyl (C=O) groups excluding carboxylic acids is 2. The van der Waals surface area contributed by atoms with Gasteiger partial charge in [-0.05, 0) is 49.1 Å². The predicted molar refractivity (Wildman–Crippen MR) is 117 cm³/mol. The molecule has 0 bridgehead atoms. The molecule has 0 aromatic heterocycles. The van der Waals surface area contributed by atoms with E-state index in [1.807, 2.05) is 38.1 Å². The number of carbonyl (C=O) groups is 2. The van der Waals surface area contributed by atoms with Crippen LogP contribution in [0.3, 0.4) is 0 Å². The summed E-state index contributed by atoms with van der Waals surface area (Å²) in [6.07, 6.45) is 2.53. The van der Waals surface area contributed by atoms with Crippen LogP contribution in [0, 0.1) is 11.7 Å². The Kier molecular flexibility index (Phi) is 7.44. The molecule has 5 nitrogen and oxygen atoms in total. The lowest BCUT2D eigenvalue weighted by atomic mass is 10.0. The number of anilines is 1. The Balaban J connectivity index is 1.60.